The second-order valence-corrected chi connectivity index (χ2v) is 6.34. The van der Waals surface area contributed by atoms with Crippen molar-refractivity contribution >= 4 is 5.91 Å². The van der Waals surface area contributed by atoms with Crippen molar-refractivity contribution in [1.82, 2.24) is 10.3 Å². The van der Waals surface area contributed by atoms with Crippen LogP contribution in [0.4, 0.5) is 8.78 Å². The number of carbonyl (C=O) groups excluding carboxylic acids is 1. The smallest absolute Gasteiger partial charge is 0.387 e. The molecule has 1 fully saturated rings. The topological polar surface area (TPSA) is 80.7 Å². The monoisotopic (exact) mass is 378 g/mol. The van der Waals surface area contributed by atoms with Crippen LogP contribution in [0.25, 0.3) is 0 Å². The Balaban J connectivity index is 1.82. The molecule has 1 atom stereocenters. The molecule has 2 N–H and O–H groups in total. The summed E-state index contributed by atoms with van der Waals surface area (Å²) in [6, 6.07) is 8.87. The minimum Gasteiger partial charge on any atom is -0.481 e. The number of hydrogen-bond acceptors (Lipinski definition) is 5. The minimum absolute atomic E-state index is 0.0160. The lowest BCUT2D eigenvalue weighted by atomic mass is 9.75. The van der Waals surface area contributed by atoms with Gasteiger partial charge in [-0.25, -0.2) is 4.98 Å². The Morgan fingerprint density at radius 1 is 1.26 bits per heavy atom. The van der Waals surface area contributed by atoms with Crippen LogP contribution in [-0.4, -0.2) is 35.8 Å². The summed E-state index contributed by atoms with van der Waals surface area (Å²) in [4.78, 5) is 16.9. The van der Waals surface area contributed by atoms with Gasteiger partial charge in [-0.2, -0.15) is 8.78 Å². The number of rotatable bonds is 7. The number of hydrogen-bond donors (Lipinski definition) is 2. The molecule has 2 aromatic rings. The number of carbonyl (C=O) groups is 1. The number of halogens is 2. The zero-order chi connectivity index (χ0) is 19.4. The highest BCUT2D eigenvalue weighted by Crippen LogP contribution is 2.38. The van der Waals surface area contributed by atoms with E-state index in [2.05, 4.69) is 15.0 Å². The van der Waals surface area contributed by atoms with Gasteiger partial charge >= 0.3 is 6.61 Å². The number of alkyl halides is 2. The summed E-state index contributed by atoms with van der Waals surface area (Å²) >= 11 is 0. The summed E-state index contributed by atoms with van der Waals surface area (Å²) in [6.07, 6.45) is 2.25. The molecule has 0 aliphatic heterocycles. The summed E-state index contributed by atoms with van der Waals surface area (Å²) in [5.41, 5.74) is 0.762. The molecular weight excluding hydrogens is 358 g/mol. The van der Waals surface area contributed by atoms with E-state index in [-0.39, 0.29) is 17.2 Å². The maximum atomic E-state index is 12.7. The Kier molecular flexibility index (Phi) is 5.85. The summed E-state index contributed by atoms with van der Waals surface area (Å²) < 4.78 is 34.7. The van der Waals surface area contributed by atoms with Crippen LogP contribution in [0.3, 0.4) is 0 Å². The Morgan fingerprint density at radius 3 is 2.59 bits per heavy atom. The standard InChI is InChI=1S/C19H20F2N2O4/c1-26-16-7-6-11(10-22-16)17(12-8-13(24)9-12)23-18(25)14-4-2-3-5-15(14)27-19(20)21/h2-7,10,12-13,17,19,24H,8-9H2,1H3,(H,23,25)/t12?,13?,17-/m0/s1. The number of aliphatic hydroxyl groups is 1. The number of methoxy groups -OCH3 is 1. The molecule has 27 heavy (non-hydrogen) atoms. The van der Waals surface area contributed by atoms with Gasteiger partial charge in [0, 0.05) is 12.3 Å². The largest absolute Gasteiger partial charge is 0.481 e. The van der Waals surface area contributed by atoms with Crippen molar-refractivity contribution in [2.75, 3.05) is 7.11 Å². The van der Waals surface area contributed by atoms with Crippen molar-refractivity contribution in [3.8, 4) is 11.6 Å². The number of aromatic nitrogens is 1. The van der Waals surface area contributed by atoms with E-state index in [0.717, 1.165) is 5.56 Å². The van der Waals surface area contributed by atoms with E-state index in [1.165, 1.54) is 25.3 Å². The van der Waals surface area contributed by atoms with E-state index in [1.807, 2.05) is 0 Å². The lowest BCUT2D eigenvalue weighted by molar-refractivity contribution is -0.0502. The Morgan fingerprint density at radius 2 is 2.00 bits per heavy atom. The Labute approximate surface area is 155 Å². The number of benzene rings is 1. The highest BCUT2D eigenvalue weighted by atomic mass is 19.3. The molecule has 6 nitrogen and oxygen atoms in total. The quantitative estimate of drug-likeness (QED) is 0.774. The first kappa shape index (κ1) is 19.0. The van der Waals surface area contributed by atoms with Crippen LogP contribution in [-0.2, 0) is 0 Å². The van der Waals surface area contributed by atoms with Gasteiger partial charge in [0.05, 0.1) is 24.8 Å². The highest BCUT2D eigenvalue weighted by molar-refractivity contribution is 5.97. The molecule has 0 radical (unpaired) electrons. The molecule has 0 bridgehead atoms. The third-order valence-corrected chi connectivity index (χ3v) is 4.58. The number of amides is 1. The second-order valence-electron chi connectivity index (χ2n) is 6.34. The van der Waals surface area contributed by atoms with Gasteiger partial charge < -0.3 is 19.9 Å². The third-order valence-electron chi connectivity index (χ3n) is 4.58. The van der Waals surface area contributed by atoms with Crippen molar-refractivity contribution < 1.29 is 28.2 Å². The fourth-order valence-electron chi connectivity index (χ4n) is 3.14. The minimum atomic E-state index is -3.03. The lowest BCUT2D eigenvalue weighted by Crippen LogP contribution is -2.41. The first-order valence-corrected chi connectivity index (χ1v) is 8.50. The molecule has 1 amide bonds. The van der Waals surface area contributed by atoms with Crippen LogP contribution < -0.4 is 14.8 Å². The number of pyridine rings is 1. The molecule has 1 aromatic carbocycles. The van der Waals surface area contributed by atoms with Gasteiger partial charge in [0.15, 0.2) is 0 Å². The lowest BCUT2D eigenvalue weighted by Gasteiger charge is -2.38. The SMILES string of the molecule is COc1ccc([C@H](NC(=O)c2ccccc2OC(F)F)C2CC(O)C2)cn1. The van der Waals surface area contributed by atoms with Gasteiger partial charge in [0.1, 0.15) is 5.75 Å². The van der Waals surface area contributed by atoms with Gasteiger partial charge in [-0.05, 0) is 36.5 Å². The Bertz CT molecular complexity index is 780. The maximum absolute atomic E-state index is 12.7. The van der Waals surface area contributed by atoms with Gasteiger partial charge in [0.25, 0.3) is 5.91 Å². The number of ether oxygens (including phenoxy) is 2. The van der Waals surface area contributed by atoms with E-state index < -0.39 is 24.7 Å². The van der Waals surface area contributed by atoms with Crippen LogP contribution in [0.5, 0.6) is 11.6 Å². The first-order chi connectivity index (χ1) is 13.0. The molecule has 1 heterocycles. The van der Waals surface area contributed by atoms with E-state index in [0.29, 0.717) is 18.7 Å². The fourth-order valence-corrected chi connectivity index (χ4v) is 3.14. The molecule has 144 valence electrons. The summed E-state index contributed by atoms with van der Waals surface area (Å²) in [7, 11) is 1.50. The third kappa shape index (κ3) is 4.51. The zero-order valence-electron chi connectivity index (χ0n) is 14.6. The first-order valence-electron chi connectivity index (χ1n) is 8.50. The van der Waals surface area contributed by atoms with Gasteiger partial charge in [-0.1, -0.05) is 18.2 Å². The highest BCUT2D eigenvalue weighted by Gasteiger charge is 2.36. The van der Waals surface area contributed by atoms with Gasteiger partial charge in [-0.15, -0.1) is 0 Å². The molecule has 0 unspecified atom stereocenters. The van der Waals surface area contributed by atoms with E-state index in [9.17, 15) is 18.7 Å². The van der Waals surface area contributed by atoms with Crippen LogP contribution in [0.1, 0.15) is 34.8 Å². The van der Waals surface area contributed by atoms with Crippen LogP contribution in [0.15, 0.2) is 42.6 Å². The number of nitrogens with zero attached hydrogens (tertiary/aromatic N) is 1. The van der Waals surface area contributed by atoms with Crippen LogP contribution in [0.2, 0.25) is 0 Å². The number of aliphatic hydroxyl groups excluding tert-OH is 1. The molecule has 0 saturated heterocycles. The van der Waals surface area contributed by atoms with Crippen molar-refractivity contribution in [2.45, 2.75) is 31.6 Å². The maximum Gasteiger partial charge on any atom is 0.387 e. The van der Waals surface area contributed by atoms with Crippen molar-refractivity contribution in [1.29, 1.82) is 0 Å². The molecule has 1 aliphatic rings. The average molecular weight is 378 g/mol. The molecule has 1 saturated carbocycles. The number of para-hydroxylation sites is 1. The normalized spacial score (nSPS) is 19.9. The fraction of sp³-hybridized carbons (Fsp3) is 0.368. The van der Waals surface area contributed by atoms with E-state index in [4.69, 9.17) is 4.74 Å². The molecule has 3 rings (SSSR count). The summed E-state index contributed by atoms with van der Waals surface area (Å²) in [5, 5.41) is 12.5. The predicted octanol–water partition coefficient (Wildman–Crippen LogP) is 2.93. The summed E-state index contributed by atoms with van der Waals surface area (Å²) in [6.45, 7) is -3.03. The molecule has 8 heteroatoms. The number of nitrogens with one attached hydrogen (secondary N) is 1. The molecule has 1 aliphatic carbocycles. The zero-order valence-corrected chi connectivity index (χ0v) is 14.6. The van der Waals surface area contributed by atoms with Crippen LogP contribution >= 0.6 is 0 Å². The van der Waals surface area contributed by atoms with Crippen molar-refractivity contribution in [2.24, 2.45) is 5.92 Å². The predicted molar refractivity (Wildman–Crippen MR) is 92.8 cm³/mol. The van der Waals surface area contributed by atoms with E-state index in [1.54, 1.807) is 24.4 Å². The van der Waals surface area contributed by atoms with Crippen molar-refractivity contribution in [3.05, 3.63) is 53.7 Å². The van der Waals surface area contributed by atoms with Gasteiger partial charge in [-0.3, -0.25) is 4.79 Å². The summed E-state index contributed by atoms with van der Waals surface area (Å²) in [5.74, 6) is -0.269. The Hall–Kier alpha value is -2.74. The molecule has 1 aromatic heterocycles. The molecule has 0 spiro atoms. The van der Waals surface area contributed by atoms with Crippen molar-refractivity contribution in [3.63, 3.8) is 0 Å². The van der Waals surface area contributed by atoms with Gasteiger partial charge in [0.2, 0.25) is 5.88 Å². The van der Waals surface area contributed by atoms with Crippen LogP contribution in [0, 0.1) is 5.92 Å². The van der Waals surface area contributed by atoms with E-state index >= 15 is 0 Å². The molecular formula is C19H20F2N2O4. The average Bonchev–Trinajstić information content (AvgIpc) is 2.64. The second kappa shape index (κ2) is 8.30.